The number of nitrogens with zero attached hydrogens (tertiary/aromatic N) is 4. The molecule has 1 aliphatic rings. The van der Waals surface area contributed by atoms with E-state index in [0.717, 1.165) is 0 Å². The summed E-state index contributed by atoms with van der Waals surface area (Å²) < 4.78 is 22.3. The number of nitrogen functional groups attached to an aromatic ring is 1. The molecule has 5 atom stereocenters. The minimum absolute atomic E-state index is 0.158. The topological polar surface area (TPSA) is 192 Å². The molecule has 0 bridgehead atoms. The molecular formula is C10H15N6O6P. The van der Waals surface area contributed by atoms with E-state index in [1.165, 1.54) is 17.2 Å². The lowest BCUT2D eigenvalue weighted by atomic mass is 10.1. The fourth-order valence-corrected chi connectivity index (χ4v) is 2.69. The summed E-state index contributed by atoms with van der Waals surface area (Å²) in [6, 6.07) is 0. The third kappa shape index (κ3) is 3.05. The smallest absolute Gasteiger partial charge is 0.387 e. The van der Waals surface area contributed by atoms with Crippen LogP contribution in [0.3, 0.4) is 0 Å². The SMILES string of the molecule is Nc1ncnc2c1ncn2[C@@H]1O[C@H](COP(N)(=O)O)[C@H](O)[C@H]1O. The molecule has 0 amide bonds. The van der Waals surface area contributed by atoms with Crippen LogP contribution in [0.4, 0.5) is 5.82 Å². The lowest BCUT2D eigenvalue weighted by Gasteiger charge is -2.16. The normalized spacial score (nSPS) is 30.6. The largest absolute Gasteiger partial charge is 0.400 e. The van der Waals surface area contributed by atoms with Crippen LogP contribution in [0, 0.1) is 0 Å². The maximum Gasteiger partial charge on any atom is 0.400 e. The van der Waals surface area contributed by atoms with Crippen molar-refractivity contribution >= 4 is 24.7 Å². The minimum Gasteiger partial charge on any atom is -0.387 e. The summed E-state index contributed by atoms with van der Waals surface area (Å²) in [6.07, 6.45) is -2.23. The van der Waals surface area contributed by atoms with Gasteiger partial charge >= 0.3 is 7.75 Å². The zero-order valence-electron chi connectivity index (χ0n) is 11.6. The van der Waals surface area contributed by atoms with Crippen molar-refractivity contribution in [1.29, 1.82) is 0 Å². The van der Waals surface area contributed by atoms with Gasteiger partial charge in [0.25, 0.3) is 0 Å². The highest BCUT2D eigenvalue weighted by atomic mass is 31.2. The maximum atomic E-state index is 10.9. The standard InChI is InChI=1S/C10H15N6O6P/c11-8-5-9(14-2-13-8)16(3-15-5)10-7(18)6(17)4(22-10)1-21-23(12,19)20/h2-4,6-7,10,17-18H,1H2,(H2,11,13,14)(H3,12,19,20)/t4-,6+,7-,10-/m1/s1. The van der Waals surface area contributed by atoms with E-state index in [4.69, 9.17) is 20.9 Å². The Morgan fingerprint density at radius 2 is 2.09 bits per heavy atom. The van der Waals surface area contributed by atoms with Crippen molar-refractivity contribution in [3.63, 3.8) is 0 Å². The second kappa shape index (κ2) is 5.76. The molecule has 3 rings (SSSR count). The van der Waals surface area contributed by atoms with E-state index in [1.807, 2.05) is 0 Å². The Morgan fingerprint density at radius 1 is 1.35 bits per heavy atom. The van der Waals surface area contributed by atoms with Crippen molar-refractivity contribution in [2.45, 2.75) is 24.5 Å². The quantitative estimate of drug-likeness (QED) is 0.388. The highest BCUT2D eigenvalue weighted by molar-refractivity contribution is 7.50. The van der Waals surface area contributed by atoms with Crippen LogP contribution in [0.15, 0.2) is 12.7 Å². The molecule has 1 saturated heterocycles. The molecule has 23 heavy (non-hydrogen) atoms. The number of nitrogens with two attached hydrogens (primary N) is 2. The summed E-state index contributed by atoms with van der Waals surface area (Å²) in [5, 5.41) is 20.1. The number of aliphatic hydroxyl groups excluding tert-OH is 2. The highest BCUT2D eigenvalue weighted by Crippen LogP contribution is 2.36. The molecule has 12 nitrogen and oxygen atoms in total. The first kappa shape index (κ1) is 16.2. The van der Waals surface area contributed by atoms with Crippen molar-refractivity contribution in [2.75, 3.05) is 12.3 Å². The summed E-state index contributed by atoms with van der Waals surface area (Å²) in [4.78, 5) is 20.8. The van der Waals surface area contributed by atoms with Gasteiger partial charge in [-0.3, -0.25) is 9.09 Å². The van der Waals surface area contributed by atoms with Gasteiger partial charge in [-0.1, -0.05) is 0 Å². The second-order valence-corrected chi connectivity index (χ2v) is 6.38. The van der Waals surface area contributed by atoms with Crippen molar-refractivity contribution in [1.82, 2.24) is 19.5 Å². The fraction of sp³-hybridized carbons (Fsp3) is 0.500. The Hall–Kier alpha value is -1.66. The third-order valence-corrected chi connectivity index (χ3v) is 3.94. The van der Waals surface area contributed by atoms with Crippen LogP contribution >= 0.6 is 7.75 Å². The summed E-state index contributed by atoms with van der Waals surface area (Å²) in [5.74, 6) is 0.158. The first-order valence-electron chi connectivity index (χ1n) is 6.48. The summed E-state index contributed by atoms with van der Waals surface area (Å²) in [6.45, 7) is -0.469. The number of aromatic nitrogens is 4. The van der Waals surface area contributed by atoms with E-state index in [2.05, 4.69) is 19.5 Å². The summed E-state index contributed by atoms with van der Waals surface area (Å²) >= 11 is 0. The molecule has 1 unspecified atom stereocenters. The average molecular weight is 346 g/mol. The summed E-state index contributed by atoms with van der Waals surface area (Å²) in [5.41, 5.74) is 11.2. The molecule has 13 heteroatoms. The molecule has 0 aliphatic carbocycles. The van der Waals surface area contributed by atoms with E-state index in [-0.39, 0.29) is 5.82 Å². The van der Waals surface area contributed by atoms with Crippen molar-refractivity contribution in [2.24, 2.45) is 5.50 Å². The van der Waals surface area contributed by atoms with Gasteiger partial charge in [-0.2, -0.15) is 0 Å². The van der Waals surface area contributed by atoms with Crippen LogP contribution in [0.25, 0.3) is 11.2 Å². The number of hydrogen-bond acceptors (Lipinski definition) is 9. The Kier molecular flexibility index (Phi) is 4.06. The van der Waals surface area contributed by atoms with Gasteiger partial charge in [-0.25, -0.2) is 25.0 Å². The second-order valence-electron chi connectivity index (χ2n) is 4.99. The van der Waals surface area contributed by atoms with Crippen molar-refractivity contribution < 1.29 is 28.9 Å². The molecule has 0 radical (unpaired) electrons. The van der Waals surface area contributed by atoms with Gasteiger partial charge in [0.1, 0.15) is 30.2 Å². The van der Waals surface area contributed by atoms with E-state index >= 15 is 0 Å². The van der Waals surface area contributed by atoms with Crippen LogP contribution in [0.1, 0.15) is 6.23 Å². The molecule has 1 aliphatic heterocycles. The summed E-state index contributed by atoms with van der Waals surface area (Å²) in [7, 11) is -4.22. The minimum atomic E-state index is -4.22. The molecule has 2 aromatic rings. The molecule has 1 fully saturated rings. The van der Waals surface area contributed by atoms with Gasteiger partial charge in [-0.05, 0) is 0 Å². The third-order valence-electron chi connectivity index (χ3n) is 3.42. The highest BCUT2D eigenvalue weighted by Gasteiger charge is 2.45. The Labute approximate surface area is 129 Å². The number of imidazole rings is 1. The van der Waals surface area contributed by atoms with Crippen molar-refractivity contribution in [3.05, 3.63) is 12.7 Å². The zero-order chi connectivity index (χ0) is 16.8. The van der Waals surface area contributed by atoms with Crippen LogP contribution in [-0.2, 0) is 13.8 Å². The molecule has 0 aromatic carbocycles. The van der Waals surface area contributed by atoms with Gasteiger partial charge in [0.15, 0.2) is 17.7 Å². The number of anilines is 1. The number of fused-ring (bicyclic) bond motifs is 1. The van der Waals surface area contributed by atoms with Crippen molar-refractivity contribution in [3.8, 4) is 0 Å². The van der Waals surface area contributed by atoms with E-state index < -0.39 is 38.9 Å². The monoisotopic (exact) mass is 346 g/mol. The Bertz CT molecular complexity index is 763. The molecule has 2 aromatic heterocycles. The van der Waals surface area contributed by atoms with Crippen LogP contribution in [0.5, 0.6) is 0 Å². The fourth-order valence-electron chi connectivity index (χ4n) is 2.33. The maximum absolute atomic E-state index is 10.9. The number of ether oxygens (including phenoxy) is 1. The van der Waals surface area contributed by atoms with E-state index in [0.29, 0.717) is 11.2 Å². The van der Waals surface area contributed by atoms with Gasteiger partial charge < -0.3 is 25.6 Å². The number of rotatable bonds is 4. The molecular weight excluding hydrogens is 331 g/mol. The predicted molar refractivity (Wildman–Crippen MR) is 75.6 cm³/mol. The van der Waals surface area contributed by atoms with E-state index in [1.54, 1.807) is 0 Å². The van der Waals surface area contributed by atoms with Crippen LogP contribution < -0.4 is 11.2 Å². The van der Waals surface area contributed by atoms with E-state index in [9.17, 15) is 14.8 Å². The average Bonchev–Trinajstić information content (AvgIpc) is 3.01. The first-order valence-corrected chi connectivity index (χ1v) is 8.13. The predicted octanol–water partition coefficient (Wildman–Crippen LogP) is -1.90. The van der Waals surface area contributed by atoms with Gasteiger partial charge in [-0.15, -0.1) is 0 Å². The number of hydrogen-bond donors (Lipinski definition) is 5. The molecule has 126 valence electrons. The van der Waals surface area contributed by atoms with Crippen LogP contribution in [0.2, 0.25) is 0 Å². The van der Waals surface area contributed by atoms with Gasteiger partial charge in [0.2, 0.25) is 0 Å². The Morgan fingerprint density at radius 3 is 2.78 bits per heavy atom. The zero-order valence-corrected chi connectivity index (χ0v) is 12.5. The molecule has 0 saturated carbocycles. The van der Waals surface area contributed by atoms with Gasteiger partial charge in [0, 0.05) is 0 Å². The van der Waals surface area contributed by atoms with Crippen LogP contribution in [-0.4, -0.2) is 59.5 Å². The molecule has 0 spiro atoms. The Balaban J connectivity index is 1.85. The molecule has 3 heterocycles. The lowest BCUT2D eigenvalue weighted by molar-refractivity contribution is -0.0484. The number of aliphatic hydroxyl groups is 2. The lowest BCUT2D eigenvalue weighted by Crippen LogP contribution is -2.33. The first-order chi connectivity index (χ1) is 10.8. The van der Waals surface area contributed by atoms with Gasteiger partial charge in [0.05, 0.1) is 12.9 Å². The molecule has 7 N–H and O–H groups in total.